The van der Waals surface area contributed by atoms with E-state index in [0.29, 0.717) is 23.4 Å². The lowest BCUT2D eigenvalue weighted by Gasteiger charge is -2.26. The van der Waals surface area contributed by atoms with Gasteiger partial charge in [-0.2, -0.15) is 0 Å². The van der Waals surface area contributed by atoms with E-state index in [1.165, 1.54) is 24.3 Å². The van der Waals surface area contributed by atoms with Gasteiger partial charge in [0.1, 0.15) is 24.0 Å². The van der Waals surface area contributed by atoms with E-state index in [9.17, 15) is 25.6 Å². The third-order valence-corrected chi connectivity index (χ3v) is 10.8. The van der Waals surface area contributed by atoms with Crippen LogP contribution in [0, 0.1) is 11.6 Å². The van der Waals surface area contributed by atoms with Gasteiger partial charge >= 0.3 is 0 Å². The maximum Gasteiger partial charge on any atom is 0.264 e. The minimum atomic E-state index is -4.37. The fourth-order valence-electron chi connectivity index (χ4n) is 4.50. The van der Waals surface area contributed by atoms with Gasteiger partial charge < -0.3 is 4.74 Å². The first-order valence-electron chi connectivity index (χ1n) is 12.2. The Morgan fingerprint density at radius 1 is 0.895 bits per heavy atom. The third-order valence-electron chi connectivity index (χ3n) is 6.55. The van der Waals surface area contributed by atoms with E-state index in [1.807, 2.05) is 0 Å². The summed E-state index contributed by atoms with van der Waals surface area (Å²) in [4.78, 5) is -0.164. The average molecular weight is 584 g/mol. The summed E-state index contributed by atoms with van der Waals surface area (Å²) >= 11 is 5.91. The first-order chi connectivity index (χ1) is 18.1. The van der Waals surface area contributed by atoms with Crippen molar-refractivity contribution in [2.75, 3.05) is 16.7 Å². The molecule has 3 aromatic rings. The van der Waals surface area contributed by atoms with E-state index in [1.54, 1.807) is 24.3 Å². The summed E-state index contributed by atoms with van der Waals surface area (Å²) in [6, 6.07) is 14.4. The van der Waals surface area contributed by atoms with Crippen molar-refractivity contribution in [2.24, 2.45) is 0 Å². The van der Waals surface area contributed by atoms with Crippen LogP contribution in [-0.2, 0) is 26.4 Å². The molecule has 1 saturated carbocycles. The second kappa shape index (κ2) is 12.0. The number of benzene rings is 3. The Labute approximate surface area is 227 Å². The predicted molar refractivity (Wildman–Crippen MR) is 144 cm³/mol. The van der Waals surface area contributed by atoms with Gasteiger partial charge in [-0.05, 0) is 55.3 Å². The molecule has 0 radical (unpaired) electrons. The van der Waals surface area contributed by atoms with Gasteiger partial charge in [-0.25, -0.2) is 25.6 Å². The van der Waals surface area contributed by atoms with Gasteiger partial charge in [0, 0.05) is 16.7 Å². The number of hydrogen-bond acceptors (Lipinski definition) is 5. The summed E-state index contributed by atoms with van der Waals surface area (Å²) in [6.07, 6.45) is 4.12. The maximum absolute atomic E-state index is 14.9. The predicted octanol–water partition coefficient (Wildman–Crippen LogP) is 6.14. The van der Waals surface area contributed by atoms with E-state index >= 15 is 0 Å². The molecule has 0 N–H and O–H groups in total. The zero-order chi connectivity index (χ0) is 27.3. The molecule has 4 rings (SSSR count). The van der Waals surface area contributed by atoms with Crippen molar-refractivity contribution in [3.8, 4) is 5.75 Å². The molecule has 38 heavy (non-hydrogen) atoms. The first-order valence-corrected chi connectivity index (χ1v) is 15.8. The molecule has 0 unspecified atom stereocenters. The lowest BCUT2D eigenvalue weighted by Crippen LogP contribution is -2.32. The maximum atomic E-state index is 14.9. The molecule has 1 fully saturated rings. The summed E-state index contributed by atoms with van der Waals surface area (Å²) < 4.78 is 88.3. The molecule has 3 aromatic carbocycles. The highest BCUT2D eigenvalue weighted by Crippen LogP contribution is 2.32. The topological polar surface area (TPSA) is 80.8 Å². The Morgan fingerprint density at radius 3 is 2.29 bits per heavy atom. The van der Waals surface area contributed by atoms with Crippen LogP contribution >= 0.6 is 11.6 Å². The third kappa shape index (κ3) is 6.65. The molecule has 1 aliphatic rings. The largest absolute Gasteiger partial charge is 0.492 e. The van der Waals surface area contributed by atoms with Gasteiger partial charge in [0.05, 0.1) is 28.1 Å². The number of nitrogens with zero attached hydrogens (tertiary/aromatic N) is 1. The lowest BCUT2D eigenvalue weighted by molar-refractivity contribution is 0.336. The van der Waals surface area contributed by atoms with Crippen molar-refractivity contribution in [3.63, 3.8) is 0 Å². The number of rotatable bonds is 10. The van der Waals surface area contributed by atoms with E-state index in [2.05, 4.69) is 0 Å². The molecule has 0 heterocycles. The van der Waals surface area contributed by atoms with Crippen LogP contribution in [0.25, 0.3) is 0 Å². The lowest BCUT2D eigenvalue weighted by atomic mass is 10.0. The Bertz CT molecular complexity index is 1480. The molecule has 204 valence electrons. The van der Waals surface area contributed by atoms with Gasteiger partial charge in [-0.1, -0.05) is 49.1 Å². The highest BCUT2D eigenvalue weighted by molar-refractivity contribution is 7.92. The normalized spacial score (nSPS) is 14.8. The Kier molecular flexibility index (Phi) is 8.95. The van der Waals surface area contributed by atoms with Crippen molar-refractivity contribution in [2.45, 2.75) is 48.8 Å². The number of ether oxygens (including phenoxy) is 1. The van der Waals surface area contributed by atoms with Crippen LogP contribution in [0.1, 0.15) is 37.7 Å². The van der Waals surface area contributed by atoms with E-state index in [4.69, 9.17) is 16.3 Å². The first kappa shape index (κ1) is 28.3. The molecule has 0 spiro atoms. The number of para-hydroxylation sites is 1. The molecule has 0 atom stereocenters. The highest BCUT2D eigenvalue weighted by Gasteiger charge is 2.30. The molecule has 0 aromatic heterocycles. The fourth-order valence-corrected chi connectivity index (χ4v) is 7.77. The van der Waals surface area contributed by atoms with E-state index in [0.717, 1.165) is 41.8 Å². The minimum Gasteiger partial charge on any atom is -0.492 e. The monoisotopic (exact) mass is 583 g/mol. The molecule has 11 heteroatoms. The Morgan fingerprint density at radius 2 is 1.58 bits per heavy atom. The number of sulfonamides is 1. The summed E-state index contributed by atoms with van der Waals surface area (Å²) in [6.45, 7) is -0.509. The van der Waals surface area contributed by atoms with Crippen LogP contribution in [0.5, 0.6) is 5.75 Å². The second-order valence-corrected chi connectivity index (χ2v) is 13.8. The standard InChI is InChI=1S/C27H28ClF2NO5S2/c28-21-10-13-24(14-11-21)38(34,35)31(26-18-22(29)12-15-25(26)30)19-20-6-4-5-9-27(20)36-16-17-37(32,33)23-7-2-1-3-8-23/h4-6,9-15,18,23H,1-3,7-8,16-17,19H2. The molecule has 0 bridgehead atoms. The fraction of sp³-hybridized carbons (Fsp3) is 0.333. The molecule has 1 aliphatic carbocycles. The number of sulfone groups is 1. The molecule has 6 nitrogen and oxygen atoms in total. The van der Waals surface area contributed by atoms with Crippen LogP contribution < -0.4 is 9.04 Å². The minimum absolute atomic E-state index is 0.117. The molecule has 0 amide bonds. The van der Waals surface area contributed by atoms with Crippen molar-refractivity contribution in [1.29, 1.82) is 0 Å². The van der Waals surface area contributed by atoms with Crippen LogP contribution in [0.3, 0.4) is 0 Å². The zero-order valence-electron chi connectivity index (χ0n) is 20.5. The summed E-state index contributed by atoms with van der Waals surface area (Å²) in [7, 11) is -7.71. The number of halogens is 3. The van der Waals surface area contributed by atoms with Gasteiger partial charge in [0.2, 0.25) is 0 Å². The number of hydrogen-bond donors (Lipinski definition) is 0. The second-order valence-electron chi connectivity index (χ2n) is 9.14. The quantitative estimate of drug-likeness (QED) is 0.286. The average Bonchev–Trinajstić information content (AvgIpc) is 2.90. The summed E-state index contributed by atoms with van der Waals surface area (Å²) in [5.41, 5.74) is -0.126. The van der Waals surface area contributed by atoms with Crippen LogP contribution in [0.2, 0.25) is 5.02 Å². The van der Waals surface area contributed by atoms with Crippen LogP contribution in [0.15, 0.2) is 71.6 Å². The molecule has 0 saturated heterocycles. The van der Waals surface area contributed by atoms with Crippen LogP contribution in [0.4, 0.5) is 14.5 Å². The smallest absolute Gasteiger partial charge is 0.264 e. The van der Waals surface area contributed by atoms with Crippen molar-refractivity contribution in [1.82, 2.24) is 0 Å². The van der Waals surface area contributed by atoms with Crippen molar-refractivity contribution in [3.05, 3.63) is 89.0 Å². The highest BCUT2D eigenvalue weighted by atomic mass is 35.5. The summed E-state index contributed by atoms with van der Waals surface area (Å²) in [5.74, 6) is -1.66. The van der Waals surface area contributed by atoms with Gasteiger partial charge in [0.25, 0.3) is 10.0 Å². The van der Waals surface area contributed by atoms with Gasteiger partial charge in [0.15, 0.2) is 9.84 Å². The molecule has 0 aliphatic heterocycles. The van der Waals surface area contributed by atoms with Gasteiger partial charge in [-0.3, -0.25) is 4.31 Å². The molecular formula is C27H28ClF2NO5S2. The summed E-state index contributed by atoms with van der Waals surface area (Å²) in [5, 5.41) is -0.0552. The van der Waals surface area contributed by atoms with Gasteiger partial charge in [-0.15, -0.1) is 0 Å². The van der Waals surface area contributed by atoms with Crippen molar-refractivity contribution >= 4 is 37.1 Å². The number of anilines is 1. The van der Waals surface area contributed by atoms with Crippen molar-refractivity contribution < 1.29 is 30.4 Å². The van der Waals surface area contributed by atoms with E-state index in [-0.39, 0.29) is 28.3 Å². The molecular weight excluding hydrogens is 556 g/mol. The Balaban J connectivity index is 1.62. The van der Waals surface area contributed by atoms with Crippen LogP contribution in [-0.4, -0.2) is 34.4 Å². The van der Waals surface area contributed by atoms with E-state index < -0.39 is 43.7 Å². The zero-order valence-corrected chi connectivity index (χ0v) is 22.9. The SMILES string of the molecule is O=S(=O)(CCOc1ccccc1CN(c1cc(F)ccc1F)S(=O)(=O)c1ccc(Cl)cc1)C1CCCCC1. The Hall–Kier alpha value is -2.69.